The summed E-state index contributed by atoms with van der Waals surface area (Å²) in [6, 6.07) is 13.5. The molecule has 0 unspecified atom stereocenters. The minimum atomic E-state index is 0.157. The van der Waals surface area contributed by atoms with Gasteiger partial charge in [0, 0.05) is 0 Å². The summed E-state index contributed by atoms with van der Waals surface area (Å²) in [6.07, 6.45) is 1.59. The molecule has 0 saturated heterocycles. The van der Waals surface area contributed by atoms with Crippen LogP contribution in [0.4, 0.5) is 5.95 Å². The summed E-state index contributed by atoms with van der Waals surface area (Å²) in [5, 5.41) is 0. The Morgan fingerprint density at radius 1 is 1.10 bits per heavy atom. The van der Waals surface area contributed by atoms with Gasteiger partial charge in [-0.2, -0.15) is 4.98 Å². The Morgan fingerprint density at radius 3 is 2.62 bits per heavy atom. The number of nitrogens with zero attached hydrogens (tertiary/aromatic N) is 2. The zero-order chi connectivity index (χ0) is 14.7. The first-order chi connectivity index (χ1) is 10.2. The summed E-state index contributed by atoms with van der Waals surface area (Å²) in [5.74, 6) is 1.25. The summed E-state index contributed by atoms with van der Waals surface area (Å²) in [7, 11) is 0. The van der Waals surface area contributed by atoms with Gasteiger partial charge in [0.1, 0.15) is 15.9 Å². The van der Waals surface area contributed by atoms with Gasteiger partial charge in [0.05, 0.1) is 6.26 Å². The number of ether oxygens (including phenoxy) is 1. The van der Waals surface area contributed by atoms with E-state index in [0.29, 0.717) is 23.9 Å². The van der Waals surface area contributed by atoms with Crippen molar-refractivity contribution in [1.82, 2.24) is 9.97 Å². The van der Waals surface area contributed by atoms with Gasteiger partial charge >= 0.3 is 0 Å². The molecule has 0 aliphatic heterocycles. The zero-order valence-electron chi connectivity index (χ0n) is 11.0. The number of nitrogens with two attached hydrogens (primary N) is 1. The molecule has 0 saturated carbocycles. The molecule has 3 rings (SSSR count). The van der Waals surface area contributed by atoms with E-state index in [9.17, 15) is 0 Å². The summed E-state index contributed by atoms with van der Waals surface area (Å²) in [6.45, 7) is 0.422. The third kappa shape index (κ3) is 3.15. The Balaban J connectivity index is 1.89. The van der Waals surface area contributed by atoms with Gasteiger partial charge < -0.3 is 14.9 Å². The van der Waals surface area contributed by atoms with E-state index in [-0.39, 0.29) is 5.95 Å². The Morgan fingerprint density at radius 2 is 1.90 bits per heavy atom. The maximum atomic E-state index is 5.76. The van der Waals surface area contributed by atoms with E-state index in [2.05, 4.69) is 32.6 Å². The van der Waals surface area contributed by atoms with Gasteiger partial charge in [0.2, 0.25) is 11.8 Å². The fourth-order valence-electron chi connectivity index (χ4n) is 1.84. The molecule has 0 bridgehead atoms. The first-order valence-corrected chi connectivity index (χ1v) is 7.35. The van der Waals surface area contributed by atoms with Crippen molar-refractivity contribution in [3.63, 3.8) is 0 Å². The molecule has 1 aromatic carbocycles. The Bertz CT molecular complexity index is 730. The lowest BCUT2D eigenvalue weighted by Crippen LogP contribution is -2.05. The smallest absolute Gasteiger partial charge is 0.233 e. The second-order valence-corrected chi connectivity index (χ2v) is 5.38. The van der Waals surface area contributed by atoms with Crippen LogP contribution in [-0.2, 0) is 6.61 Å². The topological polar surface area (TPSA) is 74.2 Å². The molecule has 0 aliphatic rings. The fourth-order valence-corrected chi connectivity index (χ4v) is 2.50. The lowest BCUT2D eigenvalue weighted by atomic mass is 10.2. The number of nitrogen functional groups attached to an aromatic ring is 1. The van der Waals surface area contributed by atoms with Gasteiger partial charge in [-0.15, -0.1) is 0 Å². The molecule has 6 heteroatoms. The van der Waals surface area contributed by atoms with E-state index >= 15 is 0 Å². The van der Waals surface area contributed by atoms with Gasteiger partial charge in [-0.05, 0) is 40.3 Å². The van der Waals surface area contributed by atoms with Crippen LogP contribution in [0.25, 0.3) is 11.5 Å². The van der Waals surface area contributed by atoms with Crippen molar-refractivity contribution in [2.24, 2.45) is 0 Å². The molecule has 0 radical (unpaired) electrons. The van der Waals surface area contributed by atoms with Crippen molar-refractivity contribution in [2.75, 3.05) is 5.73 Å². The third-order valence-electron chi connectivity index (χ3n) is 2.81. The van der Waals surface area contributed by atoms with Crippen molar-refractivity contribution in [3.05, 3.63) is 57.9 Å². The van der Waals surface area contributed by atoms with Gasteiger partial charge in [-0.1, -0.05) is 30.3 Å². The van der Waals surface area contributed by atoms with Crippen LogP contribution in [-0.4, -0.2) is 9.97 Å². The molecule has 106 valence electrons. The van der Waals surface area contributed by atoms with Crippen LogP contribution in [0.2, 0.25) is 0 Å². The average Bonchev–Trinajstić information content (AvgIpc) is 3.03. The van der Waals surface area contributed by atoms with Crippen LogP contribution in [0, 0.1) is 3.57 Å². The van der Waals surface area contributed by atoms with Crippen LogP contribution in [0.3, 0.4) is 0 Å². The maximum Gasteiger partial charge on any atom is 0.233 e. The Hall–Kier alpha value is -2.09. The average molecular weight is 393 g/mol. The predicted octanol–water partition coefficient (Wildman–Crippen LogP) is 3.50. The number of furan rings is 1. The van der Waals surface area contributed by atoms with Gasteiger partial charge in [0.25, 0.3) is 0 Å². The minimum absolute atomic E-state index is 0.157. The quantitative estimate of drug-likeness (QED) is 0.687. The van der Waals surface area contributed by atoms with Crippen molar-refractivity contribution in [2.45, 2.75) is 6.61 Å². The van der Waals surface area contributed by atoms with E-state index in [1.165, 1.54) is 0 Å². The first kappa shape index (κ1) is 13.9. The highest BCUT2D eigenvalue weighted by atomic mass is 127. The van der Waals surface area contributed by atoms with Crippen LogP contribution in [0.1, 0.15) is 5.56 Å². The standard InChI is InChI=1S/C15H12IN3O2/c16-12-13(11-7-4-8-20-11)18-15(17)19-14(12)21-9-10-5-2-1-3-6-10/h1-8H,9H2,(H2,17,18,19). The summed E-state index contributed by atoms with van der Waals surface area (Å²) in [5.41, 5.74) is 7.45. The van der Waals surface area contributed by atoms with E-state index < -0.39 is 0 Å². The van der Waals surface area contributed by atoms with E-state index in [1.807, 2.05) is 36.4 Å². The lowest BCUT2D eigenvalue weighted by Gasteiger charge is -2.10. The number of rotatable bonds is 4. The fraction of sp³-hybridized carbons (Fsp3) is 0.0667. The summed E-state index contributed by atoms with van der Waals surface area (Å²) >= 11 is 2.14. The number of hydrogen-bond acceptors (Lipinski definition) is 5. The molecular formula is C15H12IN3O2. The van der Waals surface area contributed by atoms with Gasteiger partial charge in [-0.3, -0.25) is 0 Å². The largest absolute Gasteiger partial charge is 0.472 e. The second-order valence-electron chi connectivity index (χ2n) is 4.30. The number of hydrogen-bond donors (Lipinski definition) is 1. The monoisotopic (exact) mass is 393 g/mol. The minimum Gasteiger partial charge on any atom is -0.472 e. The highest BCUT2D eigenvalue weighted by molar-refractivity contribution is 14.1. The highest BCUT2D eigenvalue weighted by Crippen LogP contribution is 2.30. The molecule has 2 aromatic heterocycles. The molecule has 3 aromatic rings. The molecule has 2 N–H and O–H groups in total. The molecule has 0 atom stereocenters. The van der Waals surface area contributed by atoms with Crippen LogP contribution in [0.5, 0.6) is 5.88 Å². The van der Waals surface area contributed by atoms with Crippen molar-refractivity contribution in [3.8, 4) is 17.3 Å². The van der Waals surface area contributed by atoms with Crippen molar-refractivity contribution in [1.29, 1.82) is 0 Å². The number of benzene rings is 1. The molecule has 5 nitrogen and oxygen atoms in total. The van der Waals surface area contributed by atoms with Crippen LogP contribution >= 0.6 is 22.6 Å². The van der Waals surface area contributed by atoms with Crippen LogP contribution < -0.4 is 10.5 Å². The van der Waals surface area contributed by atoms with E-state index in [0.717, 1.165) is 9.13 Å². The molecule has 0 spiro atoms. The maximum absolute atomic E-state index is 5.76. The SMILES string of the molecule is Nc1nc(OCc2ccccc2)c(I)c(-c2ccco2)n1. The Kier molecular flexibility index (Phi) is 4.05. The number of halogens is 1. The second kappa shape index (κ2) is 6.13. The van der Waals surface area contributed by atoms with Gasteiger partial charge in [0.15, 0.2) is 5.76 Å². The summed E-state index contributed by atoms with van der Waals surface area (Å²) in [4.78, 5) is 8.37. The number of anilines is 1. The molecule has 0 amide bonds. The van der Waals surface area contributed by atoms with Gasteiger partial charge in [-0.25, -0.2) is 4.98 Å². The first-order valence-electron chi connectivity index (χ1n) is 6.27. The molecular weight excluding hydrogens is 381 g/mol. The molecule has 2 heterocycles. The third-order valence-corrected chi connectivity index (χ3v) is 3.78. The molecule has 0 fully saturated rings. The number of aromatic nitrogens is 2. The highest BCUT2D eigenvalue weighted by Gasteiger charge is 2.16. The Labute approximate surface area is 135 Å². The van der Waals surface area contributed by atoms with Crippen LogP contribution in [0.15, 0.2) is 53.1 Å². The lowest BCUT2D eigenvalue weighted by molar-refractivity contribution is 0.291. The van der Waals surface area contributed by atoms with E-state index in [1.54, 1.807) is 12.3 Å². The van der Waals surface area contributed by atoms with E-state index in [4.69, 9.17) is 14.9 Å². The van der Waals surface area contributed by atoms with Crippen molar-refractivity contribution < 1.29 is 9.15 Å². The zero-order valence-corrected chi connectivity index (χ0v) is 13.1. The summed E-state index contributed by atoms with van der Waals surface area (Å²) < 4.78 is 11.9. The molecule has 21 heavy (non-hydrogen) atoms. The van der Waals surface area contributed by atoms with Crippen molar-refractivity contribution >= 4 is 28.5 Å². The molecule has 0 aliphatic carbocycles. The predicted molar refractivity (Wildman–Crippen MR) is 87.6 cm³/mol. The normalized spacial score (nSPS) is 10.5.